The number of nitrogens with zero attached hydrogens (tertiary/aromatic N) is 1. The molecule has 8 nitrogen and oxygen atoms in total. The van der Waals surface area contributed by atoms with E-state index in [0.29, 0.717) is 29.2 Å². The van der Waals surface area contributed by atoms with E-state index in [0.717, 1.165) is 11.1 Å². The Kier molecular flexibility index (Phi) is 5.41. The molecule has 154 valence electrons. The van der Waals surface area contributed by atoms with Gasteiger partial charge in [0.2, 0.25) is 11.8 Å². The number of hydrogen-bond donors (Lipinski definition) is 3. The van der Waals surface area contributed by atoms with Crippen molar-refractivity contribution in [2.75, 3.05) is 5.32 Å². The van der Waals surface area contributed by atoms with Crippen LogP contribution < -0.4 is 16.0 Å². The van der Waals surface area contributed by atoms with Gasteiger partial charge in [-0.25, -0.2) is 4.79 Å². The smallest absolute Gasteiger partial charge is 0.319 e. The van der Waals surface area contributed by atoms with Crippen LogP contribution >= 0.6 is 11.6 Å². The van der Waals surface area contributed by atoms with Crippen LogP contribution in [-0.2, 0) is 22.7 Å². The first kappa shape index (κ1) is 19.9. The van der Waals surface area contributed by atoms with E-state index >= 15 is 0 Å². The van der Waals surface area contributed by atoms with E-state index in [-0.39, 0.29) is 30.8 Å². The number of anilines is 1. The summed E-state index contributed by atoms with van der Waals surface area (Å²) in [5, 5.41) is 8.35. The van der Waals surface area contributed by atoms with Crippen molar-refractivity contribution < 1.29 is 19.2 Å². The van der Waals surface area contributed by atoms with E-state index < -0.39 is 11.9 Å². The second kappa shape index (κ2) is 8.16. The lowest BCUT2D eigenvalue weighted by Crippen LogP contribution is -2.52. The molecule has 0 radical (unpaired) electrons. The summed E-state index contributed by atoms with van der Waals surface area (Å²) in [7, 11) is 0. The zero-order chi connectivity index (χ0) is 21.3. The van der Waals surface area contributed by atoms with Crippen molar-refractivity contribution in [1.29, 1.82) is 0 Å². The zero-order valence-electron chi connectivity index (χ0n) is 15.9. The molecule has 4 rings (SSSR count). The number of amides is 5. The summed E-state index contributed by atoms with van der Waals surface area (Å²) in [4.78, 5) is 49.8. The average Bonchev–Trinajstić information content (AvgIpc) is 3.04. The SMILES string of the molecule is O=C1CCC(N2Cc3cc(CNC(=O)Nc4ccc(Cl)cc4)ccc3C2=O)C(=O)N1. The third kappa shape index (κ3) is 4.13. The first-order valence-electron chi connectivity index (χ1n) is 9.47. The molecule has 5 amide bonds. The maximum absolute atomic E-state index is 12.7. The van der Waals surface area contributed by atoms with Crippen LogP contribution in [0.5, 0.6) is 0 Å². The first-order valence-corrected chi connectivity index (χ1v) is 9.85. The van der Waals surface area contributed by atoms with Gasteiger partial charge in [0, 0.05) is 35.8 Å². The fraction of sp³-hybridized carbons (Fsp3) is 0.238. The molecule has 1 saturated heterocycles. The summed E-state index contributed by atoms with van der Waals surface area (Å²) in [6.45, 7) is 0.574. The van der Waals surface area contributed by atoms with E-state index in [4.69, 9.17) is 11.6 Å². The number of carbonyl (C=O) groups is 4. The van der Waals surface area contributed by atoms with Crippen LogP contribution in [0.3, 0.4) is 0 Å². The van der Waals surface area contributed by atoms with Gasteiger partial charge in [0.1, 0.15) is 6.04 Å². The number of fused-ring (bicyclic) bond motifs is 1. The van der Waals surface area contributed by atoms with E-state index in [1.165, 1.54) is 4.90 Å². The van der Waals surface area contributed by atoms with Crippen molar-refractivity contribution in [3.63, 3.8) is 0 Å². The van der Waals surface area contributed by atoms with Crippen LogP contribution in [0, 0.1) is 0 Å². The monoisotopic (exact) mass is 426 g/mol. The van der Waals surface area contributed by atoms with Gasteiger partial charge in [0.05, 0.1) is 0 Å². The Labute approximate surface area is 177 Å². The maximum atomic E-state index is 12.7. The normalized spacial score (nSPS) is 18.1. The molecule has 1 fully saturated rings. The van der Waals surface area contributed by atoms with Crippen molar-refractivity contribution >= 4 is 41.0 Å². The molecular formula is C21H19ClN4O4. The fourth-order valence-electron chi connectivity index (χ4n) is 3.63. The molecule has 2 aliphatic rings. The number of urea groups is 1. The highest BCUT2D eigenvalue weighted by Crippen LogP contribution is 2.28. The predicted molar refractivity (Wildman–Crippen MR) is 110 cm³/mol. The molecule has 30 heavy (non-hydrogen) atoms. The van der Waals surface area contributed by atoms with E-state index in [2.05, 4.69) is 16.0 Å². The van der Waals surface area contributed by atoms with Crippen molar-refractivity contribution in [3.05, 3.63) is 64.2 Å². The Balaban J connectivity index is 1.38. The summed E-state index contributed by atoms with van der Waals surface area (Å²) >= 11 is 5.83. The molecular weight excluding hydrogens is 408 g/mol. The molecule has 0 bridgehead atoms. The van der Waals surface area contributed by atoms with Gasteiger partial charge in [0.15, 0.2) is 0 Å². The largest absolute Gasteiger partial charge is 0.334 e. The number of rotatable bonds is 4. The lowest BCUT2D eigenvalue weighted by Gasteiger charge is -2.29. The summed E-state index contributed by atoms with van der Waals surface area (Å²) in [6, 6.07) is 11.1. The van der Waals surface area contributed by atoms with Crippen molar-refractivity contribution in [1.82, 2.24) is 15.5 Å². The second-order valence-corrected chi connectivity index (χ2v) is 7.64. The minimum absolute atomic E-state index is 0.217. The van der Waals surface area contributed by atoms with Gasteiger partial charge in [-0.2, -0.15) is 0 Å². The van der Waals surface area contributed by atoms with Crippen LogP contribution in [0.4, 0.5) is 10.5 Å². The average molecular weight is 427 g/mol. The van der Waals surface area contributed by atoms with Crippen molar-refractivity contribution in [2.45, 2.75) is 32.0 Å². The highest BCUT2D eigenvalue weighted by atomic mass is 35.5. The molecule has 2 aliphatic heterocycles. The lowest BCUT2D eigenvalue weighted by molar-refractivity contribution is -0.136. The summed E-state index contributed by atoms with van der Waals surface area (Å²) in [6.07, 6.45) is 0.540. The number of imide groups is 1. The topological polar surface area (TPSA) is 108 Å². The molecule has 1 unspecified atom stereocenters. The molecule has 3 N–H and O–H groups in total. The highest BCUT2D eigenvalue weighted by Gasteiger charge is 2.39. The predicted octanol–water partition coefficient (Wildman–Crippen LogP) is 2.42. The molecule has 9 heteroatoms. The number of halogens is 1. The Morgan fingerprint density at radius 2 is 1.90 bits per heavy atom. The summed E-state index contributed by atoms with van der Waals surface area (Å²) in [5.74, 6) is -0.974. The number of nitrogens with one attached hydrogen (secondary N) is 3. The molecule has 2 aromatic rings. The van der Waals surface area contributed by atoms with Gasteiger partial charge < -0.3 is 15.5 Å². The third-order valence-electron chi connectivity index (χ3n) is 5.14. The molecule has 0 aliphatic carbocycles. The molecule has 2 aromatic carbocycles. The van der Waals surface area contributed by atoms with Crippen LogP contribution in [0.15, 0.2) is 42.5 Å². The van der Waals surface area contributed by atoms with E-state index in [9.17, 15) is 19.2 Å². The van der Waals surface area contributed by atoms with Gasteiger partial charge in [-0.1, -0.05) is 23.7 Å². The summed E-state index contributed by atoms with van der Waals surface area (Å²) < 4.78 is 0. The molecule has 2 heterocycles. The molecule has 1 atom stereocenters. The number of carbonyl (C=O) groups excluding carboxylic acids is 4. The number of hydrogen-bond acceptors (Lipinski definition) is 4. The van der Waals surface area contributed by atoms with Crippen LogP contribution in [0.25, 0.3) is 0 Å². The minimum Gasteiger partial charge on any atom is -0.334 e. The Bertz CT molecular complexity index is 1040. The summed E-state index contributed by atoms with van der Waals surface area (Å²) in [5.41, 5.74) is 2.78. The zero-order valence-corrected chi connectivity index (χ0v) is 16.7. The molecule has 0 spiro atoms. The van der Waals surface area contributed by atoms with Gasteiger partial charge in [0.25, 0.3) is 5.91 Å². The number of benzene rings is 2. The standard InChI is InChI=1S/C21H19ClN4O4/c22-14-2-4-15(5-3-14)24-21(30)23-10-12-1-6-16-13(9-12)11-26(20(16)29)17-7-8-18(27)25-19(17)28/h1-6,9,17H,7-8,10-11H2,(H2,23,24,30)(H,25,27,28). The van der Waals surface area contributed by atoms with Gasteiger partial charge in [-0.3, -0.25) is 19.7 Å². The quantitative estimate of drug-likeness (QED) is 0.652. The number of piperidine rings is 1. The van der Waals surface area contributed by atoms with Crippen LogP contribution in [0.1, 0.15) is 34.3 Å². The fourth-order valence-corrected chi connectivity index (χ4v) is 3.75. The lowest BCUT2D eigenvalue weighted by atomic mass is 10.0. The van der Waals surface area contributed by atoms with Crippen molar-refractivity contribution in [2.24, 2.45) is 0 Å². The first-order chi connectivity index (χ1) is 14.4. The van der Waals surface area contributed by atoms with Gasteiger partial charge in [-0.05, 0) is 47.9 Å². The Morgan fingerprint density at radius 3 is 2.63 bits per heavy atom. The highest BCUT2D eigenvalue weighted by molar-refractivity contribution is 6.30. The van der Waals surface area contributed by atoms with Gasteiger partial charge in [-0.15, -0.1) is 0 Å². The van der Waals surface area contributed by atoms with Crippen molar-refractivity contribution in [3.8, 4) is 0 Å². The maximum Gasteiger partial charge on any atom is 0.319 e. The minimum atomic E-state index is -0.644. The Hall–Kier alpha value is -3.39. The van der Waals surface area contributed by atoms with E-state index in [1.807, 2.05) is 6.07 Å². The molecule has 0 saturated carbocycles. The van der Waals surface area contributed by atoms with Gasteiger partial charge >= 0.3 is 6.03 Å². The second-order valence-electron chi connectivity index (χ2n) is 7.21. The van der Waals surface area contributed by atoms with Crippen LogP contribution in [-0.4, -0.2) is 34.7 Å². The van der Waals surface area contributed by atoms with E-state index in [1.54, 1.807) is 36.4 Å². The Morgan fingerprint density at radius 1 is 1.13 bits per heavy atom. The van der Waals surface area contributed by atoms with Crippen LogP contribution in [0.2, 0.25) is 5.02 Å². The third-order valence-corrected chi connectivity index (χ3v) is 5.40. The molecule has 0 aromatic heterocycles.